The highest BCUT2D eigenvalue weighted by Gasteiger charge is 2.14. The molecule has 0 atom stereocenters. The second-order valence-corrected chi connectivity index (χ2v) is 4.97. The lowest BCUT2D eigenvalue weighted by atomic mass is 10.3. The molecule has 6 heteroatoms. The third kappa shape index (κ3) is 2.22. The summed E-state index contributed by atoms with van der Waals surface area (Å²) in [5, 5.41) is 8.86. The van der Waals surface area contributed by atoms with E-state index in [2.05, 4.69) is 9.97 Å². The zero-order valence-corrected chi connectivity index (χ0v) is 10.8. The van der Waals surface area contributed by atoms with Crippen LogP contribution in [-0.2, 0) is 11.3 Å². The van der Waals surface area contributed by atoms with Crippen molar-refractivity contribution in [2.24, 2.45) is 0 Å². The number of carboxylic acids is 1. The van der Waals surface area contributed by atoms with Crippen LogP contribution in [-0.4, -0.2) is 25.6 Å². The molecule has 0 saturated heterocycles. The van der Waals surface area contributed by atoms with E-state index in [4.69, 9.17) is 5.11 Å². The number of hydrogen-bond donors (Lipinski definition) is 1. The molecule has 1 N–H and O–H groups in total. The average Bonchev–Trinajstić information content (AvgIpc) is 3.03. The second-order valence-electron chi connectivity index (χ2n) is 4.09. The Bertz CT molecular complexity index is 719. The van der Waals surface area contributed by atoms with Gasteiger partial charge in [0, 0.05) is 12.7 Å². The van der Waals surface area contributed by atoms with Crippen molar-refractivity contribution in [3.05, 3.63) is 36.0 Å². The zero-order valence-electron chi connectivity index (χ0n) is 9.98. The fourth-order valence-corrected chi connectivity index (χ4v) is 2.64. The average molecular weight is 273 g/mol. The molecule has 0 aliphatic heterocycles. The molecular formula is C13H11N3O2S. The lowest BCUT2D eigenvalue weighted by Gasteiger charge is -2.05. The minimum atomic E-state index is -0.812. The number of aliphatic carboxylic acids is 1. The predicted octanol–water partition coefficient (Wildman–Crippen LogP) is 2.63. The molecule has 5 nitrogen and oxygen atoms in total. The summed E-state index contributed by atoms with van der Waals surface area (Å²) in [5.74, 6) is -0.0296. The summed E-state index contributed by atoms with van der Waals surface area (Å²) in [4.78, 5) is 20.4. The highest BCUT2D eigenvalue weighted by molar-refractivity contribution is 7.13. The standard InChI is InChI=1S/C13H11N3O2S/c17-12(18)5-6-16-10-4-2-1-3-9(10)15-13(16)11-7-14-8-19-11/h1-4,7-8H,5-6H2,(H,17,18). The van der Waals surface area contributed by atoms with Crippen LogP contribution in [0.4, 0.5) is 0 Å². The van der Waals surface area contributed by atoms with Gasteiger partial charge in [-0.1, -0.05) is 12.1 Å². The number of nitrogens with zero attached hydrogens (tertiary/aromatic N) is 3. The number of aromatic nitrogens is 3. The number of hydrogen-bond acceptors (Lipinski definition) is 4. The Morgan fingerprint density at radius 3 is 2.95 bits per heavy atom. The van der Waals surface area contributed by atoms with Gasteiger partial charge in [0.05, 0.1) is 27.8 Å². The van der Waals surface area contributed by atoms with Gasteiger partial charge in [-0.05, 0) is 12.1 Å². The Morgan fingerprint density at radius 2 is 2.21 bits per heavy atom. The Labute approximate surface area is 113 Å². The van der Waals surface area contributed by atoms with Crippen LogP contribution < -0.4 is 0 Å². The van der Waals surface area contributed by atoms with Crippen molar-refractivity contribution in [3.8, 4) is 10.7 Å². The normalized spacial score (nSPS) is 10.9. The van der Waals surface area contributed by atoms with Crippen LogP contribution in [0.5, 0.6) is 0 Å². The molecule has 0 aliphatic carbocycles. The molecule has 1 aromatic carbocycles. The molecule has 96 valence electrons. The number of carboxylic acid groups (broad SMARTS) is 1. The highest BCUT2D eigenvalue weighted by Crippen LogP contribution is 2.27. The van der Waals surface area contributed by atoms with E-state index in [9.17, 15) is 4.79 Å². The summed E-state index contributed by atoms with van der Waals surface area (Å²) in [6.07, 6.45) is 1.83. The third-order valence-electron chi connectivity index (χ3n) is 2.86. The van der Waals surface area contributed by atoms with E-state index < -0.39 is 5.97 Å². The fraction of sp³-hybridized carbons (Fsp3) is 0.154. The molecule has 0 aliphatic rings. The Balaban J connectivity index is 2.14. The van der Waals surface area contributed by atoms with Crippen molar-refractivity contribution in [2.75, 3.05) is 0 Å². The van der Waals surface area contributed by atoms with Gasteiger partial charge in [0.2, 0.25) is 0 Å². The quantitative estimate of drug-likeness (QED) is 0.793. The number of fused-ring (bicyclic) bond motifs is 1. The van der Waals surface area contributed by atoms with Crippen LogP contribution in [0, 0.1) is 0 Å². The summed E-state index contributed by atoms with van der Waals surface area (Å²) in [6.45, 7) is 0.406. The number of thiazole rings is 1. The molecule has 0 fully saturated rings. The topological polar surface area (TPSA) is 68.0 Å². The summed E-state index contributed by atoms with van der Waals surface area (Å²) in [6, 6.07) is 7.73. The van der Waals surface area contributed by atoms with Crippen LogP contribution in [0.25, 0.3) is 21.7 Å². The van der Waals surface area contributed by atoms with Gasteiger partial charge in [0.15, 0.2) is 5.82 Å². The van der Waals surface area contributed by atoms with Crippen molar-refractivity contribution in [3.63, 3.8) is 0 Å². The molecule has 2 aromatic heterocycles. The molecule has 2 heterocycles. The minimum absolute atomic E-state index is 0.0756. The lowest BCUT2D eigenvalue weighted by Crippen LogP contribution is -2.05. The van der Waals surface area contributed by atoms with Crippen LogP contribution in [0.3, 0.4) is 0 Å². The summed E-state index contributed by atoms with van der Waals surface area (Å²) in [7, 11) is 0. The predicted molar refractivity (Wildman–Crippen MR) is 73.1 cm³/mol. The zero-order chi connectivity index (χ0) is 13.2. The first-order valence-electron chi connectivity index (χ1n) is 5.81. The van der Waals surface area contributed by atoms with Gasteiger partial charge in [0.1, 0.15) is 0 Å². The summed E-state index contributed by atoms with van der Waals surface area (Å²) in [5.41, 5.74) is 3.57. The Kier molecular flexibility index (Phi) is 3.00. The van der Waals surface area contributed by atoms with E-state index in [1.54, 1.807) is 11.7 Å². The fourth-order valence-electron chi connectivity index (χ4n) is 2.02. The number of rotatable bonds is 4. The third-order valence-corrected chi connectivity index (χ3v) is 3.63. The Hall–Kier alpha value is -2.21. The number of aryl methyl sites for hydroxylation is 1. The number of para-hydroxylation sites is 2. The maximum atomic E-state index is 10.8. The molecule has 3 rings (SSSR count). The van der Waals surface area contributed by atoms with Crippen LogP contribution in [0.15, 0.2) is 36.0 Å². The maximum Gasteiger partial charge on any atom is 0.305 e. The van der Waals surface area contributed by atoms with Crippen LogP contribution in [0.2, 0.25) is 0 Å². The van der Waals surface area contributed by atoms with Crippen LogP contribution >= 0.6 is 11.3 Å². The molecule has 3 aromatic rings. The summed E-state index contributed by atoms with van der Waals surface area (Å²) < 4.78 is 1.94. The van der Waals surface area contributed by atoms with E-state index in [0.717, 1.165) is 21.7 Å². The largest absolute Gasteiger partial charge is 0.481 e. The summed E-state index contributed by atoms with van der Waals surface area (Å²) >= 11 is 1.50. The van der Waals surface area contributed by atoms with Gasteiger partial charge < -0.3 is 9.67 Å². The molecule has 19 heavy (non-hydrogen) atoms. The van der Waals surface area contributed by atoms with E-state index in [1.807, 2.05) is 28.8 Å². The highest BCUT2D eigenvalue weighted by atomic mass is 32.1. The first-order chi connectivity index (χ1) is 9.25. The van der Waals surface area contributed by atoms with E-state index in [1.165, 1.54) is 11.3 Å². The molecule has 0 radical (unpaired) electrons. The second kappa shape index (κ2) is 4.81. The first kappa shape index (κ1) is 11.9. The molecule has 0 unspecified atom stereocenters. The number of benzene rings is 1. The monoisotopic (exact) mass is 273 g/mol. The van der Waals surface area contributed by atoms with E-state index in [0.29, 0.717) is 6.54 Å². The van der Waals surface area contributed by atoms with Crippen LogP contribution in [0.1, 0.15) is 6.42 Å². The van der Waals surface area contributed by atoms with Gasteiger partial charge in [0.25, 0.3) is 0 Å². The molecule has 0 spiro atoms. The van der Waals surface area contributed by atoms with Crippen molar-refractivity contribution in [2.45, 2.75) is 13.0 Å². The van der Waals surface area contributed by atoms with Gasteiger partial charge >= 0.3 is 5.97 Å². The lowest BCUT2D eigenvalue weighted by molar-refractivity contribution is -0.137. The number of imidazole rings is 1. The minimum Gasteiger partial charge on any atom is -0.481 e. The van der Waals surface area contributed by atoms with Gasteiger partial charge in [-0.15, -0.1) is 11.3 Å². The van der Waals surface area contributed by atoms with Crippen molar-refractivity contribution >= 4 is 28.3 Å². The SMILES string of the molecule is O=C(O)CCn1c(-c2cncs2)nc2ccccc21. The molecule has 0 saturated carbocycles. The van der Waals surface area contributed by atoms with Crippen molar-refractivity contribution < 1.29 is 9.90 Å². The van der Waals surface area contributed by atoms with Gasteiger partial charge in [-0.3, -0.25) is 9.78 Å². The molecule has 0 bridgehead atoms. The first-order valence-corrected chi connectivity index (χ1v) is 6.69. The van der Waals surface area contributed by atoms with Gasteiger partial charge in [-0.25, -0.2) is 4.98 Å². The Morgan fingerprint density at radius 1 is 1.37 bits per heavy atom. The van der Waals surface area contributed by atoms with E-state index >= 15 is 0 Å². The smallest absolute Gasteiger partial charge is 0.305 e. The van der Waals surface area contributed by atoms with E-state index in [-0.39, 0.29) is 6.42 Å². The van der Waals surface area contributed by atoms with Crippen molar-refractivity contribution in [1.82, 2.24) is 14.5 Å². The van der Waals surface area contributed by atoms with Gasteiger partial charge in [-0.2, -0.15) is 0 Å². The van der Waals surface area contributed by atoms with Crippen molar-refractivity contribution in [1.29, 1.82) is 0 Å². The molecule has 0 amide bonds. The molecular weight excluding hydrogens is 262 g/mol. The maximum absolute atomic E-state index is 10.8. The number of carbonyl (C=O) groups is 1.